The molecule has 6 heteroatoms. The number of amides is 1. The van der Waals surface area contributed by atoms with Gasteiger partial charge in [0.1, 0.15) is 5.75 Å². The van der Waals surface area contributed by atoms with Gasteiger partial charge in [-0.2, -0.15) is 0 Å². The van der Waals surface area contributed by atoms with Gasteiger partial charge in [0.15, 0.2) is 11.4 Å². The molecule has 1 aliphatic rings. The van der Waals surface area contributed by atoms with Crippen LogP contribution in [0.1, 0.15) is 50.9 Å². The first-order valence-electron chi connectivity index (χ1n) is 8.14. The fourth-order valence-corrected chi connectivity index (χ4v) is 2.60. The van der Waals surface area contributed by atoms with Crippen LogP contribution >= 0.6 is 0 Å². The first-order valence-corrected chi connectivity index (χ1v) is 8.14. The standard InChI is InChI=1S/C18H23NO5/c1-5-14(20)12-7-8-15-13(11-12)19(10-9-16(21)23-6-2)17(22)18(3,4)24-15/h7-8,11H,5-6,9-10H2,1-4H3. The molecule has 0 bridgehead atoms. The maximum Gasteiger partial charge on any atom is 0.307 e. The smallest absolute Gasteiger partial charge is 0.307 e. The summed E-state index contributed by atoms with van der Waals surface area (Å²) in [5.74, 6) is -0.103. The molecule has 1 heterocycles. The van der Waals surface area contributed by atoms with E-state index in [0.29, 0.717) is 30.0 Å². The zero-order chi connectivity index (χ0) is 17.9. The lowest BCUT2D eigenvalue weighted by Crippen LogP contribution is -2.53. The molecule has 2 rings (SSSR count). The third-order valence-electron chi connectivity index (χ3n) is 3.86. The van der Waals surface area contributed by atoms with E-state index in [9.17, 15) is 14.4 Å². The molecule has 6 nitrogen and oxygen atoms in total. The number of ketones is 1. The van der Waals surface area contributed by atoms with Crippen molar-refractivity contribution in [2.24, 2.45) is 0 Å². The van der Waals surface area contributed by atoms with Crippen molar-refractivity contribution in [3.8, 4) is 5.75 Å². The van der Waals surface area contributed by atoms with Crippen LogP contribution in [-0.2, 0) is 14.3 Å². The zero-order valence-electron chi connectivity index (χ0n) is 14.5. The Hall–Kier alpha value is -2.37. The van der Waals surface area contributed by atoms with Gasteiger partial charge in [-0.15, -0.1) is 0 Å². The van der Waals surface area contributed by atoms with E-state index in [-0.39, 0.29) is 30.6 Å². The number of carbonyl (C=O) groups excluding carboxylic acids is 3. The number of rotatable bonds is 6. The predicted octanol–water partition coefficient (Wildman–Crippen LogP) is 2.74. The maximum atomic E-state index is 12.7. The number of benzene rings is 1. The van der Waals surface area contributed by atoms with Crippen LogP contribution in [0.3, 0.4) is 0 Å². The number of nitrogens with zero attached hydrogens (tertiary/aromatic N) is 1. The summed E-state index contributed by atoms with van der Waals surface area (Å²) < 4.78 is 10.7. The van der Waals surface area contributed by atoms with Gasteiger partial charge in [-0.25, -0.2) is 0 Å². The highest BCUT2D eigenvalue weighted by molar-refractivity contribution is 6.04. The topological polar surface area (TPSA) is 72.9 Å². The molecule has 0 spiro atoms. The summed E-state index contributed by atoms with van der Waals surface area (Å²) >= 11 is 0. The highest BCUT2D eigenvalue weighted by atomic mass is 16.5. The molecule has 0 saturated heterocycles. The molecule has 0 atom stereocenters. The van der Waals surface area contributed by atoms with Crippen LogP contribution in [-0.4, -0.2) is 36.4 Å². The molecule has 1 aromatic carbocycles. The summed E-state index contributed by atoms with van der Waals surface area (Å²) in [6, 6.07) is 5.04. The van der Waals surface area contributed by atoms with Gasteiger partial charge < -0.3 is 14.4 Å². The Bertz CT molecular complexity index is 665. The number of esters is 1. The van der Waals surface area contributed by atoms with E-state index in [4.69, 9.17) is 9.47 Å². The molecule has 130 valence electrons. The highest BCUT2D eigenvalue weighted by Gasteiger charge is 2.41. The van der Waals surface area contributed by atoms with Crippen LogP contribution in [0.15, 0.2) is 18.2 Å². The molecule has 0 aliphatic carbocycles. The molecule has 0 N–H and O–H groups in total. The molecule has 1 aromatic rings. The van der Waals surface area contributed by atoms with Gasteiger partial charge in [0.05, 0.1) is 18.7 Å². The predicted molar refractivity (Wildman–Crippen MR) is 89.4 cm³/mol. The Labute approximate surface area is 141 Å². The summed E-state index contributed by atoms with van der Waals surface area (Å²) in [5.41, 5.74) is 0.00853. The minimum Gasteiger partial charge on any atom is -0.476 e. The number of hydrogen-bond donors (Lipinski definition) is 0. The Morgan fingerprint density at radius 2 is 1.96 bits per heavy atom. The summed E-state index contributed by atoms with van der Waals surface area (Å²) in [6.45, 7) is 7.36. The highest BCUT2D eigenvalue weighted by Crippen LogP contribution is 2.38. The summed E-state index contributed by atoms with van der Waals surface area (Å²) in [6.07, 6.45) is 0.461. The van der Waals surface area contributed by atoms with Crippen LogP contribution in [0, 0.1) is 0 Å². The average molecular weight is 333 g/mol. The van der Waals surface area contributed by atoms with E-state index < -0.39 is 5.60 Å². The lowest BCUT2D eigenvalue weighted by atomic mass is 10.0. The van der Waals surface area contributed by atoms with Crippen LogP contribution in [0.4, 0.5) is 5.69 Å². The first-order chi connectivity index (χ1) is 11.3. The fraction of sp³-hybridized carbons (Fsp3) is 0.500. The second-order valence-corrected chi connectivity index (χ2v) is 6.08. The zero-order valence-corrected chi connectivity index (χ0v) is 14.5. The number of Topliss-reactive ketones (excluding diaryl/α,β-unsaturated/α-hetero) is 1. The summed E-state index contributed by atoms with van der Waals surface area (Å²) in [4.78, 5) is 37.8. The minimum absolute atomic E-state index is 0.0135. The van der Waals surface area contributed by atoms with Gasteiger partial charge in [-0.1, -0.05) is 6.92 Å². The monoisotopic (exact) mass is 333 g/mol. The Kier molecular flexibility index (Phi) is 5.26. The van der Waals surface area contributed by atoms with E-state index in [1.165, 1.54) is 4.90 Å². The van der Waals surface area contributed by atoms with Gasteiger partial charge in [-0.05, 0) is 39.0 Å². The van der Waals surface area contributed by atoms with Crippen molar-refractivity contribution in [2.45, 2.75) is 46.1 Å². The van der Waals surface area contributed by atoms with Crippen molar-refractivity contribution in [1.29, 1.82) is 0 Å². The molecule has 0 fully saturated rings. The van der Waals surface area contributed by atoms with Gasteiger partial charge in [0.2, 0.25) is 0 Å². The van der Waals surface area contributed by atoms with E-state index in [1.807, 2.05) is 0 Å². The summed E-state index contributed by atoms with van der Waals surface area (Å²) in [7, 11) is 0. The van der Waals surface area contributed by atoms with Crippen LogP contribution in [0.5, 0.6) is 5.75 Å². The lowest BCUT2D eigenvalue weighted by molar-refractivity contribution is -0.143. The number of anilines is 1. The molecule has 0 aromatic heterocycles. The normalized spacial score (nSPS) is 15.5. The number of ether oxygens (including phenoxy) is 2. The van der Waals surface area contributed by atoms with Crippen molar-refractivity contribution in [1.82, 2.24) is 0 Å². The number of fused-ring (bicyclic) bond motifs is 1. The Morgan fingerprint density at radius 1 is 1.25 bits per heavy atom. The quantitative estimate of drug-likeness (QED) is 0.591. The Morgan fingerprint density at radius 3 is 2.58 bits per heavy atom. The van der Waals surface area contributed by atoms with Gasteiger partial charge in [0.25, 0.3) is 5.91 Å². The molecular weight excluding hydrogens is 310 g/mol. The minimum atomic E-state index is -1.03. The third kappa shape index (κ3) is 3.58. The van der Waals surface area contributed by atoms with Gasteiger partial charge >= 0.3 is 5.97 Å². The van der Waals surface area contributed by atoms with Crippen molar-refractivity contribution < 1.29 is 23.9 Å². The second-order valence-electron chi connectivity index (χ2n) is 6.08. The molecule has 1 amide bonds. The van der Waals surface area contributed by atoms with Crippen molar-refractivity contribution >= 4 is 23.3 Å². The number of carbonyl (C=O) groups is 3. The largest absolute Gasteiger partial charge is 0.476 e. The van der Waals surface area contributed by atoms with E-state index in [1.54, 1.807) is 45.9 Å². The molecule has 0 saturated carbocycles. The maximum absolute atomic E-state index is 12.7. The van der Waals surface area contributed by atoms with Crippen molar-refractivity contribution in [3.63, 3.8) is 0 Å². The second kappa shape index (κ2) is 7.03. The summed E-state index contributed by atoms with van der Waals surface area (Å²) in [5, 5.41) is 0. The van der Waals surface area contributed by atoms with E-state index in [2.05, 4.69) is 0 Å². The van der Waals surface area contributed by atoms with E-state index >= 15 is 0 Å². The molecule has 24 heavy (non-hydrogen) atoms. The van der Waals surface area contributed by atoms with Gasteiger partial charge in [0, 0.05) is 18.5 Å². The Balaban J connectivity index is 2.35. The van der Waals surface area contributed by atoms with Crippen LogP contribution in [0.2, 0.25) is 0 Å². The van der Waals surface area contributed by atoms with Crippen LogP contribution in [0.25, 0.3) is 0 Å². The molecule has 1 aliphatic heterocycles. The molecular formula is C18H23NO5. The SMILES string of the molecule is CCOC(=O)CCN1C(=O)C(C)(C)Oc2ccc(C(=O)CC)cc21. The van der Waals surface area contributed by atoms with Crippen molar-refractivity contribution in [2.75, 3.05) is 18.1 Å². The lowest BCUT2D eigenvalue weighted by Gasteiger charge is -2.38. The fourth-order valence-electron chi connectivity index (χ4n) is 2.60. The van der Waals surface area contributed by atoms with Crippen molar-refractivity contribution in [3.05, 3.63) is 23.8 Å². The first kappa shape index (κ1) is 18.0. The van der Waals surface area contributed by atoms with Crippen LogP contribution < -0.4 is 9.64 Å². The average Bonchev–Trinajstić information content (AvgIpc) is 2.54. The van der Waals surface area contributed by atoms with E-state index in [0.717, 1.165) is 0 Å². The molecule has 0 radical (unpaired) electrons. The molecule has 0 unspecified atom stereocenters. The third-order valence-corrected chi connectivity index (χ3v) is 3.86. The number of hydrogen-bond acceptors (Lipinski definition) is 5. The van der Waals surface area contributed by atoms with Gasteiger partial charge in [-0.3, -0.25) is 14.4 Å².